The number of hydrogen-bond acceptors (Lipinski definition) is 2. The Labute approximate surface area is 112 Å². The first-order chi connectivity index (χ1) is 8.33. The largest absolute Gasteiger partial charge is 0.295 e. The van der Waals surface area contributed by atoms with Gasteiger partial charge in [0.15, 0.2) is 11.6 Å². The second-order valence-electron chi connectivity index (χ2n) is 4.70. The van der Waals surface area contributed by atoms with E-state index in [-0.39, 0.29) is 11.6 Å². The third-order valence-electron chi connectivity index (χ3n) is 2.19. The molecule has 0 aliphatic carbocycles. The molecule has 0 unspecified atom stereocenters. The molecule has 0 aromatic heterocycles. The topological polar surface area (TPSA) is 34.1 Å². The lowest BCUT2D eigenvalue weighted by Gasteiger charge is -1.92. The van der Waals surface area contributed by atoms with Crippen LogP contribution in [0.5, 0.6) is 0 Å². The summed E-state index contributed by atoms with van der Waals surface area (Å²) < 4.78 is 0. The third-order valence-corrected chi connectivity index (χ3v) is 2.19. The lowest BCUT2D eigenvalue weighted by Crippen LogP contribution is -1.84. The molecule has 0 aromatic carbocycles. The molecule has 0 spiro atoms. The maximum Gasteiger partial charge on any atom is 0.152 e. The van der Waals surface area contributed by atoms with Crippen LogP contribution in [0.3, 0.4) is 0 Å². The van der Waals surface area contributed by atoms with Crippen LogP contribution in [0.4, 0.5) is 0 Å². The fourth-order valence-corrected chi connectivity index (χ4v) is 1.63. The summed E-state index contributed by atoms with van der Waals surface area (Å²) in [5.74, 6) is 0.307. The Kier molecular flexibility index (Phi) is 13.1. The predicted molar refractivity (Wildman–Crippen MR) is 78.7 cm³/mol. The average molecular weight is 252 g/mol. The Hall–Kier alpha value is -1.18. The van der Waals surface area contributed by atoms with Crippen LogP contribution >= 0.6 is 0 Å². The maximum atomic E-state index is 10.5. The van der Waals surface area contributed by atoms with E-state index >= 15 is 0 Å². The Morgan fingerprint density at radius 2 is 1.00 bits per heavy atom. The molecule has 2 heteroatoms. The maximum absolute atomic E-state index is 10.5. The van der Waals surface area contributed by atoms with Gasteiger partial charge in [-0.15, -0.1) is 0 Å². The molecule has 0 aliphatic heterocycles. The molecular weight excluding hydrogens is 224 g/mol. The molecule has 0 N–H and O–H groups in total. The van der Waals surface area contributed by atoms with Crippen molar-refractivity contribution in [3.63, 3.8) is 0 Å². The molecule has 0 atom stereocenters. The first-order valence-corrected chi connectivity index (χ1v) is 6.68. The van der Waals surface area contributed by atoms with Gasteiger partial charge in [0.1, 0.15) is 0 Å². The molecule has 0 bridgehead atoms. The van der Waals surface area contributed by atoms with E-state index < -0.39 is 0 Å². The van der Waals surface area contributed by atoms with Crippen molar-refractivity contribution in [2.24, 2.45) is 0 Å². The number of ketones is 2. The number of allylic oxidation sites excluding steroid dienone is 4. The van der Waals surface area contributed by atoms with E-state index in [0.29, 0.717) is 0 Å². The Balaban J connectivity index is 0. The summed E-state index contributed by atoms with van der Waals surface area (Å²) in [6.07, 6.45) is 7.72. The van der Waals surface area contributed by atoms with E-state index in [9.17, 15) is 9.59 Å². The van der Waals surface area contributed by atoms with Crippen LogP contribution in [0.15, 0.2) is 23.3 Å². The van der Waals surface area contributed by atoms with E-state index in [1.165, 1.54) is 11.1 Å². The molecule has 0 heterocycles. The summed E-state index contributed by atoms with van der Waals surface area (Å²) in [6.45, 7) is 11.4. The average Bonchev–Trinajstić information content (AvgIpc) is 2.16. The molecule has 18 heavy (non-hydrogen) atoms. The highest BCUT2D eigenvalue weighted by molar-refractivity contribution is 5.88. The van der Waals surface area contributed by atoms with Gasteiger partial charge in [-0.1, -0.05) is 37.8 Å². The van der Waals surface area contributed by atoms with Crippen molar-refractivity contribution in [1.29, 1.82) is 0 Å². The van der Waals surface area contributed by atoms with Gasteiger partial charge in [-0.25, -0.2) is 0 Å². The fraction of sp³-hybridized carbons (Fsp3) is 0.625. The van der Waals surface area contributed by atoms with Crippen molar-refractivity contribution in [2.45, 2.75) is 67.2 Å². The van der Waals surface area contributed by atoms with Crippen LogP contribution in [0.1, 0.15) is 67.2 Å². The van der Waals surface area contributed by atoms with Crippen molar-refractivity contribution in [1.82, 2.24) is 0 Å². The van der Waals surface area contributed by atoms with Crippen molar-refractivity contribution in [3.8, 4) is 0 Å². The second kappa shape index (κ2) is 12.3. The van der Waals surface area contributed by atoms with E-state index in [1.807, 2.05) is 13.8 Å². The molecule has 0 rings (SSSR count). The van der Waals surface area contributed by atoms with Gasteiger partial charge in [-0.3, -0.25) is 9.59 Å². The highest BCUT2D eigenvalue weighted by atomic mass is 16.1. The van der Waals surface area contributed by atoms with E-state index in [0.717, 1.165) is 25.7 Å². The minimum absolute atomic E-state index is 0.154. The second-order valence-corrected chi connectivity index (χ2v) is 4.70. The molecule has 2 nitrogen and oxygen atoms in total. The quantitative estimate of drug-likeness (QED) is 0.645. The molecule has 0 amide bonds. The standard InChI is InChI=1S/2C8H14O/c2*1-4-5-7(2)6-8(3)9/h2*6H,4-5H2,1-3H3/b7-6+;7-6-. The minimum Gasteiger partial charge on any atom is -0.295 e. The van der Waals surface area contributed by atoms with Crippen LogP contribution in [-0.4, -0.2) is 11.6 Å². The highest BCUT2D eigenvalue weighted by Gasteiger charge is 1.89. The van der Waals surface area contributed by atoms with Crippen LogP contribution in [0.2, 0.25) is 0 Å². The molecule has 0 aromatic rings. The molecule has 104 valence electrons. The lowest BCUT2D eigenvalue weighted by molar-refractivity contribution is -0.113. The SMILES string of the molecule is CCC/C(C)=C/C(C)=O.CCC/C(C)=C\C(C)=O. The molecule has 0 radical (unpaired) electrons. The van der Waals surface area contributed by atoms with Gasteiger partial charge < -0.3 is 0 Å². The first kappa shape index (κ1) is 19.2. The summed E-state index contributed by atoms with van der Waals surface area (Å²) in [6, 6.07) is 0. The summed E-state index contributed by atoms with van der Waals surface area (Å²) in [4.78, 5) is 20.9. The summed E-state index contributed by atoms with van der Waals surface area (Å²) in [5.41, 5.74) is 2.37. The van der Waals surface area contributed by atoms with E-state index in [2.05, 4.69) is 13.8 Å². The van der Waals surface area contributed by atoms with Crippen LogP contribution in [0, 0.1) is 0 Å². The summed E-state index contributed by atoms with van der Waals surface area (Å²) >= 11 is 0. The van der Waals surface area contributed by atoms with Crippen molar-refractivity contribution >= 4 is 11.6 Å². The molecule has 0 fully saturated rings. The number of rotatable bonds is 6. The normalized spacial score (nSPS) is 11.7. The highest BCUT2D eigenvalue weighted by Crippen LogP contribution is 2.02. The molecule has 0 saturated carbocycles. The van der Waals surface area contributed by atoms with E-state index in [4.69, 9.17) is 0 Å². The zero-order chi connectivity index (χ0) is 14.6. The third kappa shape index (κ3) is 17.2. The van der Waals surface area contributed by atoms with Crippen LogP contribution < -0.4 is 0 Å². The molecular formula is C16H28O2. The number of hydrogen-bond donors (Lipinski definition) is 0. The monoisotopic (exact) mass is 252 g/mol. The van der Waals surface area contributed by atoms with Gasteiger partial charge in [0, 0.05) is 0 Å². The number of carbonyl (C=O) groups is 2. The van der Waals surface area contributed by atoms with Crippen LogP contribution in [-0.2, 0) is 9.59 Å². The van der Waals surface area contributed by atoms with Crippen molar-refractivity contribution in [3.05, 3.63) is 23.3 Å². The fourth-order valence-electron chi connectivity index (χ4n) is 1.63. The van der Waals surface area contributed by atoms with Gasteiger partial charge in [0.2, 0.25) is 0 Å². The number of carbonyl (C=O) groups excluding carboxylic acids is 2. The van der Waals surface area contributed by atoms with Gasteiger partial charge in [0.25, 0.3) is 0 Å². The van der Waals surface area contributed by atoms with E-state index in [1.54, 1.807) is 26.0 Å². The zero-order valence-corrected chi connectivity index (χ0v) is 12.8. The Bertz CT molecular complexity index is 277. The molecule has 0 saturated heterocycles. The summed E-state index contributed by atoms with van der Waals surface area (Å²) in [5, 5.41) is 0. The Morgan fingerprint density at radius 1 is 0.722 bits per heavy atom. The predicted octanol–water partition coefficient (Wildman–Crippen LogP) is 4.64. The first-order valence-electron chi connectivity index (χ1n) is 6.68. The zero-order valence-electron chi connectivity index (χ0n) is 12.8. The summed E-state index contributed by atoms with van der Waals surface area (Å²) in [7, 11) is 0. The van der Waals surface area contributed by atoms with Gasteiger partial charge in [-0.05, 0) is 52.7 Å². The van der Waals surface area contributed by atoms with Gasteiger partial charge >= 0.3 is 0 Å². The van der Waals surface area contributed by atoms with Gasteiger partial charge in [0.05, 0.1) is 0 Å². The van der Waals surface area contributed by atoms with Crippen molar-refractivity contribution < 1.29 is 9.59 Å². The van der Waals surface area contributed by atoms with Crippen LogP contribution in [0.25, 0.3) is 0 Å². The van der Waals surface area contributed by atoms with Crippen molar-refractivity contribution in [2.75, 3.05) is 0 Å². The lowest BCUT2D eigenvalue weighted by atomic mass is 10.1. The van der Waals surface area contributed by atoms with Gasteiger partial charge in [-0.2, -0.15) is 0 Å². The smallest absolute Gasteiger partial charge is 0.152 e. The Morgan fingerprint density at radius 3 is 1.17 bits per heavy atom. The molecule has 0 aliphatic rings. The minimum atomic E-state index is 0.154.